The van der Waals surface area contributed by atoms with Crippen LogP contribution in [0.15, 0.2) is 297 Å². The number of hydrogen-bond donors (Lipinski definition) is 0. The van der Waals surface area contributed by atoms with Crippen molar-refractivity contribution in [2.75, 3.05) is 4.90 Å². The summed E-state index contributed by atoms with van der Waals surface area (Å²) in [6.45, 7) is 4.81. The normalized spacial score (nSPS) is 12.6. The summed E-state index contributed by atoms with van der Waals surface area (Å²) in [5, 5.41) is 12.1. The third-order valence-corrected chi connectivity index (χ3v) is 18.2. The summed E-state index contributed by atoms with van der Waals surface area (Å²) >= 11 is 0. The fraction of sp³-hybridized carbons (Fsp3) is 0.0366. The van der Waals surface area contributed by atoms with Crippen molar-refractivity contribution in [3.63, 3.8) is 0 Å². The molecule has 0 unspecified atom stereocenters. The van der Waals surface area contributed by atoms with Crippen LogP contribution in [-0.4, -0.2) is 19.5 Å². The third kappa shape index (κ3) is 8.19. The Kier molecular flexibility index (Phi) is 11.5. The molecule has 0 spiro atoms. The monoisotopic (exact) mass is 1110 g/mol. The lowest BCUT2D eigenvalue weighted by molar-refractivity contribution is 0.666. The van der Waals surface area contributed by atoms with Crippen LogP contribution >= 0.6 is 0 Å². The Labute approximate surface area is 504 Å². The number of rotatable bonds is 9. The predicted octanol–water partition coefficient (Wildman–Crippen LogP) is 21.7. The first-order chi connectivity index (χ1) is 42.9. The van der Waals surface area contributed by atoms with Crippen LogP contribution in [0.4, 0.5) is 17.1 Å². The second-order valence-corrected chi connectivity index (χ2v) is 23.5. The Hall–Kier alpha value is -11.3. The summed E-state index contributed by atoms with van der Waals surface area (Å²) in [5.74, 6) is 1.78. The molecule has 0 radical (unpaired) electrons. The molecule has 1 aliphatic rings. The molecule has 0 saturated heterocycles. The highest BCUT2D eigenvalue weighted by atomic mass is 15.2. The van der Waals surface area contributed by atoms with Crippen molar-refractivity contribution in [2.45, 2.75) is 19.3 Å². The van der Waals surface area contributed by atoms with Crippen LogP contribution in [0.5, 0.6) is 0 Å². The van der Waals surface area contributed by atoms with Gasteiger partial charge in [-0.15, -0.1) is 0 Å². The van der Waals surface area contributed by atoms with Crippen LogP contribution < -0.4 is 4.90 Å². The molecule has 2 aromatic heterocycles. The van der Waals surface area contributed by atoms with Crippen molar-refractivity contribution in [1.29, 1.82) is 0 Å². The van der Waals surface area contributed by atoms with Gasteiger partial charge in [-0.05, 0) is 159 Å². The van der Waals surface area contributed by atoms with Crippen LogP contribution in [0.1, 0.15) is 25.0 Å². The van der Waals surface area contributed by atoms with Crippen molar-refractivity contribution in [1.82, 2.24) is 19.5 Å². The van der Waals surface area contributed by atoms with Crippen molar-refractivity contribution >= 4 is 82.0 Å². The number of anilines is 3. The molecular formula is C82H55N5. The van der Waals surface area contributed by atoms with Gasteiger partial charge in [0.1, 0.15) is 0 Å². The molecule has 0 amide bonds. The minimum atomic E-state index is -0.392. The average Bonchev–Trinajstić information content (AvgIpc) is 1.61. The summed E-state index contributed by atoms with van der Waals surface area (Å²) in [6, 6.07) is 108. The highest BCUT2D eigenvalue weighted by molar-refractivity contribution is 6.29. The maximum Gasteiger partial charge on any atom is 0.238 e. The lowest BCUT2D eigenvalue weighted by Gasteiger charge is -2.27. The van der Waals surface area contributed by atoms with E-state index in [1.165, 1.54) is 81.9 Å². The predicted molar refractivity (Wildman–Crippen MR) is 364 cm³/mol. The fourth-order valence-electron chi connectivity index (χ4n) is 14.1. The number of benzene rings is 14. The number of nitrogens with zero attached hydrogens (tertiary/aromatic N) is 5. The van der Waals surface area contributed by atoms with Gasteiger partial charge in [0.2, 0.25) is 5.95 Å². The van der Waals surface area contributed by atoms with Gasteiger partial charge >= 0.3 is 0 Å². The highest BCUT2D eigenvalue weighted by Crippen LogP contribution is 2.55. The lowest BCUT2D eigenvalue weighted by Crippen LogP contribution is -2.15. The van der Waals surface area contributed by atoms with E-state index in [0.717, 1.165) is 66.9 Å². The first-order valence-electron chi connectivity index (χ1n) is 29.9. The van der Waals surface area contributed by atoms with Gasteiger partial charge < -0.3 is 4.90 Å². The molecule has 0 N–H and O–H groups in total. The van der Waals surface area contributed by atoms with Gasteiger partial charge in [0.25, 0.3) is 0 Å². The van der Waals surface area contributed by atoms with Crippen LogP contribution in [0.25, 0.3) is 138 Å². The molecule has 1 aliphatic carbocycles. The Morgan fingerprint density at radius 2 is 0.839 bits per heavy atom. The molecule has 17 rings (SSSR count). The minimum Gasteiger partial charge on any atom is -0.310 e. The summed E-state index contributed by atoms with van der Waals surface area (Å²) in [7, 11) is 0. The standard InChI is InChI=1S/C82H55N5/c1-82(2)74-45-40-59(58-29-20-30-61(48-58)86(62-43-39-53-23-12-13-28-57(53)47-62)60-41-37-54(38-42-60)52-21-6-3-7-22-52)49-72(74)68-44-46-75-77(78(68)82)73-50-70-66-34-17-15-32-64(66)65-33-16-18-35-67(65)71(70)51-76(73)87(75)81-84-79(56-26-10-5-11-27-56)83-80(85-81)69-36-19-14-31-63(69)55-24-8-4-9-25-55/h3-51H,1-2H3. The van der Waals surface area contributed by atoms with Crippen LogP contribution in [0.3, 0.4) is 0 Å². The smallest absolute Gasteiger partial charge is 0.238 e. The Morgan fingerprint density at radius 3 is 1.56 bits per heavy atom. The molecule has 16 aromatic rings. The average molecular weight is 1110 g/mol. The largest absolute Gasteiger partial charge is 0.310 e. The zero-order valence-corrected chi connectivity index (χ0v) is 48.0. The summed E-state index contributed by atoms with van der Waals surface area (Å²) < 4.78 is 2.32. The quantitative estimate of drug-likeness (QED) is 0.135. The molecule has 0 bridgehead atoms. The van der Waals surface area contributed by atoms with Gasteiger partial charge in [-0.1, -0.05) is 250 Å². The van der Waals surface area contributed by atoms with Crippen molar-refractivity contribution in [2.24, 2.45) is 0 Å². The van der Waals surface area contributed by atoms with E-state index < -0.39 is 5.41 Å². The van der Waals surface area contributed by atoms with E-state index in [4.69, 9.17) is 15.0 Å². The van der Waals surface area contributed by atoms with Gasteiger partial charge in [-0.25, -0.2) is 4.98 Å². The second kappa shape index (κ2) is 19.9. The molecule has 0 atom stereocenters. The van der Waals surface area contributed by atoms with E-state index in [-0.39, 0.29) is 0 Å². The maximum atomic E-state index is 5.59. The van der Waals surface area contributed by atoms with E-state index in [2.05, 4.69) is 315 Å². The minimum absolute atomic E-state index is 0.392. The lowest BCUT2D eigenvalue weighted by atomic mass is 9.80. The Balaban J connectivity index is 0.877. The third-order valence-electron chi connectivity index (χ3n) is 18.2. The molecular weight excluding hydrogens is 1050 g/mol. The van der Waals surface area contributed by atoms with Crippen LogP contribution in [-0.2, 0) is 5.41 Å². The molecule has 87 heavy (non-hydrogen) atoms. The summed E-state index contributed by atoms with van der Waals surface area (Å²) in [6.07, 6.45) is 0. The molecule has 5 nitrogen and oxygen atoms in total. The van der Waals surface area contributed by atoms with Crippen molar-refractivity contribution < 1.29 is 0 Å². The van der Waals surface area contributed by atoms with E-state index in [9.17, 15) is 0 Å². The number of fused-ring (bicyclic) bond motifs is 14. The van der Waals surface area contributed by atoms with E-state index in [0.29, 0.717) is 17.6 Å². The Morgan fingerprint density at radius 1 is 0.299 bits per heavy atom. The topological polar surface area (TPSA) is 46.8 Å². The van der Waals surface area contributed by atoms with Gasteiger partial charge in [0, 0.05) is 44.4 Å². The van der Waals surface area contributed by atoms with Gasteiger partial charge in [0.05, 0.1) is 11.0 Å². The van der Waals surface area contributed by atoms with Crippen LogP contribution in [0.2, 0.25) is 0 Å². The first kappa shape index (κ1) is 50.3. The van der Waals surface area contributed by atoms with Crippen molar-refractivity contribution in [3.8, 4) is 73.2 Å². The van der Waals surface area contributed by atoms with E-state index >= 15 is 0 Å². The molecule has 2 heterocycles. The zero-order valence-electron chi connectivity index (χ0n) is 48.0. The van der Waals surface area contributed by atoms with Crippen LogP contribution in [0, 0.1) is 0 Å². The van der Waals surface area contributed by atoms with E-state index in [1.54, 1.807) is 0 Å². The molecule has 408 valence electrons. The number of hydrogen-bond acceptors (Lipinski definition) is 4. The van der Waals surface area contributed by atoms with Crippen molar-refractivity contribution in [3.05, 3.63) is 308 Å². The number of aromatic nitrogens is 4. The Bertz CT molecular complexity index is 5420. The molecule has 0 fully saturated rings. The molecule has 0 saturated carbocycles. The second-order valence-electron chi connectivity index (χ2n) is 23.5. The SMILES string of the molecule is CC1(C)c2ccc(-c3cccc(N(c4ccc(-c5ccccc5)cc4)c4ccc5ccccc5c4)c3)cc2-c2ccc3c(c21)c1cc2c4ccccc4c4ccccc4c2cc1n3-c1nc(-c2ccccc2)nc(-c2ccccc2-c2ccccc2)n1. The molecule has 5 heteroatoms. The van der Waals surface area contributed by atoms with E-state index in [1.807, 2.05) is 6.07 Å². The maximum absolute atomic E-state index is 5.59. The fourth-order valence-corrected chi connectivity index (χ4v) is 14.1. The van der Waals surface area contributed by atoms with Gasteiger partial charge in [0.15, 0.2) is 11.6 Å². The summed E-state index contributed by atoms with van der Waals surface area (Å²) in [4.78, 5) is 18.8. The molecule has 14 aromatic carbocycles. The highest BCUT2D eigenvalue weighted by Gasteiger charge is 2.39. The van der Waals surface area contributed by atoms with Gasteiger partial charge in [-0.3, -0.25) is 4.57 Å². The zero-order chi connectivity index (χ0) is 57.7. The molecule has 0 aliphatic heterocycles. The first-order valence-corrected chi connectivity index (χ1v) is 29.9. The summed E-state index contributed by atoms with van der Waals surface area (Å²) in [5.41, 5.74) is 18.7. The van der Waals surface area contributed by atoms with Gasteiger partial charge in [-0.2, -0.15) is 9.97 Å².